The lowest BCUT2D eigenvalue weighted by Crippen LogP contribution is -2.49. The number of hydrogen-bond donors (Lipinski definition) is 0. The van der Waals surface area contributed by atoms with Gasteiger partial charge in [-0.2, -0.15) is 0 Å². The second-order valence-corrected chi connectivity index (χ2v) is 5.21. The summed E-state index contributed by atoms with van der Waals surface area (Å²) in [6.45, 7) is 8.65. The van der Waals surface area contributed by atoms with Crippen molar-refractivity contribution in [2.75, 3.05) is 24.6 Å². The molecule has 0 aromatic carbocycles. The average molecular weight is 256 g/mol. The Morgan fingerprint density at radius 3 is 2.88 bits per heavy atom. The topological polar surface area (TPSA) is 38.2 Å². The molecule has 0 bridgehead atoms. The van der Waals surface area contributed by atoms with Crippen molar-refractivity contribution in [1.82, 2.24) is 9.97 Å². The summed E-state index contributed by atoms with van der Waals surface area (Å²) < 4.78 is 5.70. The van der Waals surface area contributed by atoms with Crippen LogP contribution in [0, 0.1) is 0 Å². The van der Waals surface area contributed by atoms with Crippen molar-refractivity contribution in [2.24, 2.45) is 0 Å². The Hall–Kier alpha value is -0.870. The molecule has 4 nitrogen and oxygen atoms in total. The van der Waals surface area contributed by atoms with Crippen molar-refractivity contribution in [2.45, 2.75) is 32.8 Å². The summed E-state index contributed by atoms with van der Waals surface area (Å²) in [5.41, 5.74) is 0.882. The van der Waals surface area contributed by atoms with Crippen LogP contribution < -0.4 is 4.90 Å². The number of hydrogen-bond acceptors (Lipinski definition) is 4. The fourth-order valence-electron chi connectivity index (χ4n) is 2.16. The molecule has 5 heteroatoms. The monoisotopic (exact) mass is 255 g/mol. The largest absolute Gasteiger partial charge is 0.372 e. The molecule has 0 saturated carbocycles. The SMILES string of the molecule is CCc1c(Cl)ncnc1N1CCOC(C)(C)C1. The van der Waals surface area contributed by atoms with Crippen molar-refractivity contribution < 1.29 is 4.74 Å². The zero-order chi connectivity index (χ0) is 12.5. The van der Waals surface area contributed by atoms with Gasteiger partial charge in [-0.1, -0.05) is 18.5 Å². The van der Waals surface area contributed by atoms with Gasteiger partial charge in [0.1, 0.15) is 17.3 Å². The molecule has 1 aliphatic heterocycles. The van der Waals surface area contributed by atoms with Gasteiger partial charge in [0.05, 0.1) is 12.2 Å². The normalized spacial score (nSPS) is 19.4. The van der Waals surface area contributed by atoms with E-state index in [0.717, 1.165) is 37.5 Å². The smallest absolute Gasteiger partial charge is 0.137 e. The molecule has 1 aromatic rings. The number of aromatic nitrogens is 2. The van der Waals surface area contributed by atoms with Gasteiger partial charge in [0.2, 0.25) is 0 Å². The van der Waals surface area contributed by atoms with E-state index < -0.39 is 0 Å². The number of morpholine rings is 1. The lowest BCUT2D eigenvalue weighted by Gasteiger charge is -2.39. The zero-order valence-corrected chi connectivity index (χ0v) is 11.3. The van der Waals surface area contributed by atoms with Crippen LogP contribution in [0.5, 0.6) is 0 Å². The van der Waals surface area contributed by atoms with Crippen molar-refractivity contribution in [3.63, 3.8) is 0 Å². The molecular weight excluding hydrogens is 238 g/mol. The van der Waals surface area contributed by atoms with Gasteiger partial charge in [-0.15, -0.1) is 0 Å². The molecule has 0 N–H and O–H groups in total. The third-order valence-corrected chi connectivity index (χ3v) is 3.27. The van der Waals surface area contributed by atoms with E-state index in [1.165, 1.54) is 6.33 Å². The Labute approximate surface area is 107 Å². The van der Waals surface area contributed by atoms with Crippen molar-refractivity contribution in [3.8, 4) is 0 Å². The number of anilines is 1. The number of rotatable bonds is 2. The molecule has 2 heterocycles. The molecule has 0 atom stereocenters. The van der Waals surface area contributed by atoms with E-state index in [1.54, 1.807) is 0 Å². The molecule has 1 saturated heterocycles. The van der Waals surface area contributed by atoms with Crippen LogP contribution in [-0.2, 0) is 11.2 Å². The quantitative estimate of drug-likeness (QED) is 0.760. The lowest BCUT2D eigenvalue weighted by molar-refractivity contribution is -0.0279. The highest BCUT2D eigenvalue weighted by molar-refractivity contribution is 6.30. The van der Waals surface area contributed by atoms with Gasteiger partial charge in [-0.3, -0.25) is 0 Å². The average Bonchev–Trinajstić information content (AvgIpc) is 2.27. The Balaban J connectivity index is 2.30. The highest BCUT2D eigenvalue weighted by Gasteiger charge is 2.29. The molecule has 0 aliphatic carbocycles. The van der Waals surface area contributed by atoms with Crippen LogP contribution in [0.4, 0.5) is 5.82 Å². The second-order valence-electron chi connectivity index (χ2n) is 4.85. The van der Waals surface area contributed by atoms with Gasteiger partial charge in [-0.05, 0) is 20.3 Å². The Bertz CT molecular complexity index is 409. The van der Waals surface area contributed by atoms with Gasteiger partial charge < -0.3 is 9.64 Å². The molecule has 94 valence electrons. The maximum atomic E-state index is 6.11. The summed E-state index contributed by atoms with van der Waals surface area (Å²) in [6, 6.07) is 0. The second kappa shape index (κ2) is 4.78. The fraction of sp³-hybridized carbons (Fsp3) is 0.667. The van der Waals surface area contributed by atoms with Gasteiger partial charge in [-0.25, -0.2) is 9.97 Å². The minimum atomic E-state index is -0.138. The Morgan fingerprint density at radius 1 is 1.47 bits per heavy atom. The molecule has 2 rings (SSSR count). The predicted octanol–water partition coefficient (Wildman–Crippen LogP) is 2.31. The van der Waals surface area contributed by atoms with E-state index in [2.05, 4.69) is 35.6 Å². The maximum absolute atomic E-state index is 6.11. The van der Waals surface area contributed by atoms with Crippen molar-refractivity contribution in [1.29, 1.82) is 0 Å². The number of halogens is 1. The van der Waals surface area contributed by atoms with E-state index in [-0.39, 0.29) is 5.60 Å². The summed E-state index contributed by atoms with van der Waals surface area (Å²) in [5, 5.41) is 0.557. The van der Waals surface area contributed by atoms with E-state index in [4.69, 9.17) is 16.3 Å². The third kappa shape index (κ3) is 2.69. The van der Waals surface area contributed by atoms with Gasteiger partial charge >= 0.3 is 0 Å². The molecule has 0 unspecified atom stereocenters. The molecular formula is C12H18ClN3O. The minimum absolute atomic E-state index is 0.138. The molecule has 1 aromatic heterocycles. The first-order valence-corrected chi connectivity index (χ1v) is 6.29. The van der Waals surface area contributed by atoms with Crippen LogP contribution in [0.2, 0.25) is 5.15 Å². The fourth-order valence-corrected chi connectivity index (χ4v) is 2.42. The minimum Gasteiger partial charge on any atom is -0.372 e. The Morgan fingerprint density at radius 2 is 2.24 bits per heavy atom. The number of ether oxygens (including phenoxy) is 1. The van der Waals surface area contributed by atoms with E-state index in [9.17, 15) is 0 Å². The van der Waals surface area contributed by atoms with Crippen molar-refractivity contribution in [3.05, 3.63) is 17.0 Å². The van der Waals surface area contributed by atoms with Crippen LogP contribution in [0.1, 0.15) is 26.3 Å². The molecule has 1 aliphatic rings. The van der Waals surface area contributed by atoms with Gasteiger partial charge in [0.25, 0.3) is 0 Å². The maximum Gasteiger partial charge on any atom is 0.137 e. The van der Waals surface area contributed by atoms with E-state index in [1.807, 2.05) is 0 Å². The van der Waals surface area contributed by atoms with Crippen LogP contribution >= 0.6 is 11.6 Å². The summed E-state index contributed by atoms with van der Waals surface area (Å²) in [6.07, 6.45) is 2.37. The van der Waals surface area contributed by atoms with E-state index >= 15 is 0 Å². The lowest BCUT2D eigenvalue weighted by atomic mass is 10.1. The predicted molar refractivity (Wildman–Crippen MR) is 68.7 cm³/mol. The first kappa shape index (κ1) is 12.6. The van der Waals surface area contributed by atoms with Crippen molar-refractivity contribution >= 4 is 17.4 Å². The molecule has 0 radical (unpaired) electrons. The Kier molecular flexibility index (Phi) is 3.54. The van der Waals surface area contributed by atoms with Gasteiger partial charge in [0.15, 0.2) is 0 Å². The highest BCUT2D eigenvalue weighted by Crippen LogP contribution is 2.27. The van der Waals surface area contributed by atoms with Gasteiger partial charge in [0, 0.05) is 18.7 Å². The molecule has 0 amide bonds. The third-order valence-electron chi connectivity index (χ3n) is 2.95. The molecule has 1 fully saturated rings. The standard InChI is InChI=1S/C12H18ClN3O/c1-4-9-10(13)14-8-15-11(9)16-5-6-17-12(2,3)7-16/h8H,4-7H2,1-3H3. The highest BCUT2D eigenvalue weighted by atomic mass is 35.5. The summed E-state index contributed by atoms with van der Waals surface area (Å²) in [5.74, 6) is 0.948. The summed E-state index contributed by atoms with van der Waals surface area (Å²) in [7, 11) is 0. The zero-order valence-electron chi connectivity index (χ0n) is 10.5. The molecule has 17 heavy (non-hydrogen) atoms. The number of nitrogens with zero attached hydrogens (tertiary/aromatic N) is 3. The molecule has 0 spiro atoms. The first-order valence-electron chi connectivity index (χ1n) is 5.92. The summed E-state index contributed by atoms with van der Waals surface area (Å²) in [4.78, 5) is 10.6. The summed E-state index contributed by atoms with van der Waals surface area (Å²) >= 11 is 6.11. The first-order chi connectivity index (χ1) is 8.03. The van der Waals surface area contributed by atoms with E-state index in [0.29, 0.717) is 5.15 Å². The van der Waals surface area contributed by atoms with Crippen LogP contribution in [0.25, 0.3) is 0 Å². The van der Waals surface area contributed by atoms with Crippen LogP contribution in [-0.4, -0.2) is 35.3 Å². The van der Waals surface area contributed by atoms with Crippen LogP contribution in [0.3, 0.4) is 0 Å². The van der Waals surface area contributed by atoms with Crippen LogP contribution in [0.15, 0.2) is 6.33 Å².